The second-order valence-corrected chi connectivity index (χ2v) is 4.67. The Bertz CT molecular complexity index is 312. The summed E-state index contributed by atoms with van der Waals surface area (Å²) in [5.41, 5.74) is 2.68. The predicted octanol–water partition coefficient (Wildman–Crippen LogP) is 4.59. The van der Waals surface area contributed by atoms with E-state index in [1.165, 1.54) is 43.2 Å². The summed E-state index contributed by atoms with van der Waals surface area (Å²) in [6, 6.07) is 8.77. The minimum atomic E-state index is 0.833. The van der Waals surface area contributed by atoms with Crippen molar-refractivity contribution in [3.8, 4) is 0 Å². The molecule has 0 bridgehead atoms. The molecule has 1 fully saturated rings. The van der Waals surface area contributed by atoms with Crippen LogP contribution in [-0.2, 0) is 0 Å². The molecule has 0 aliphatic heterocycles. The molecule has 0 heteroatoms. The molecule has 1 aliphatic carbocycles. The summed E-state index contributed by atoms with van der Waals surface area (Å²) in [7, 11) is 0. The lowest BCUT2D eigenvalue weighted by Gasteiger charge is -2.17. The molecule has 2 rings (SSSR count). The zero-order valence-electron chi connectivity index (χ0n) is 9.58. The average molecular weight is 200 g/mol. The fourth-order valence-corrected chi connectivity index (χ4v) is 2.25. The van der Waals surface area contributed by atoms with E-state index in [0.717, 1.165) is 5.92 Å². The number of hydrogen-bond acceptors (Lipinski definition) is 0. The fourth-order valence-electron chi connectivity index (χ4n) is 2.25. The van der Waals surface area contributed by atoms with Crippen LogP contribution in [0.4, 0.5) is 0 Å². The quantitative estimate of drug-likeness (QED) is 0.655. The highest BCUT2D eigenvalue weighted by molar-refractivity contribution is 5.49. The first-order valence-corrected chi connectivity index (χ1v) is 6.09. The van der Waals surface area contributed by atoms with Crippen LogP contribution in [0, 0.1) is 12.8 Å². The summed E-state index contributed by atoms with van der Waals surface area (Å²) >= 11 is 0. The first-order valence-electron chi connectivity index (χ1n) is 6.09. The Morgan fingerprint density at radius 3 is 2.33 bits per heavy atom. The van der Waals surface area contributed by atoms with Crippen molar-refractivity contribution in [3.05, 3.63) is 41.5 Å². The van der Waals surface area contributed by atoms with Gasteiger partial charge in [-0.15, -0.1) is 0 Å². The Morgan fingerprint density at radius 2 is 1.67 bits per heavy atom. The van der Waals surface area contributed by atoms with Gasteiger partial charge in [0.25, 0.3) is 0 Å². The maximum Gasteiger partial charge on any atom is -0.0230 e. The lowest BCUT2D eigenvalue weighted by Crippen LogP contribution is -2.02. The first kappa shape index (κ1) is 10.5. The van der Waals surface area contributed by atoms with E-state index in [-0.39, 0.29) is 0 Å². The smallest absolute Gasteiger partial charge is 0.0230 e. The van der Waals surface area contributed by atoms with E-state index in [4.69, 9.17) is 0 Å². The van der Waals surface area contributed by atoms with Gasteiger partial charge in [-0.25, -0.2) is 0 Å². The van der Waals surface area contributed by atoms with E-state index in [2.05, 4.69) is 43.3 Å². The van der Waals surface area contributed by atoms with Crippen molar-refractivity contribution >= 4 is 6.08 Å². The molecule has 0 saturated heterocycles. The van der Waals surface area contributed by atoms with Gasteiger partial charge >= 0.3 is 0 Å². The van der Waals surface area contributed by atoms with Crippen LogP contribution < -0.4 is 0 Å². The van der Waals surface area contributed by atoms with E-state index in [0.29, 0.717) is 0 Å². The first-order chi connectivity index (χ1) is 7.34. The molecule has 80 valence electrons. The maximum atomic E-state index is 2.41. The van der Waals surface area contributed by atoms with Crippen LogP contribution in [0.3, 0.4) is 0 Å². The summed E-state index contributed by atoms with van der Waals surface area (Å²) in [6.07, 6.45) is 11.8. The number of rotatable bonds is 2. The molecule has 0 radical (unpaired) electrons. The Kier molecular flexibility index (Phi) is 3.60. The summed E-state index contributed by atoms with van der Waals surface area (Å²) < 4.78 is 0. The molecule has 0 spiro atoms. The Labute approximate surface area is 93.0 Å². The molecule has 0 N–H and O–H groups in total. The van der Waals surface area contributed by atoms with Gasteiger partial charge < -0.3 is 0 Å². The van der Waals surface area contributed by atoms with Crippen LogP contribution in [0.2, 0.25) is 0 Å². The van der Waals surface area contributed by atoms with Gasteiger partial charge in [0.2, 0.25) is 0 Å². The Hall–Kier alpha value is -1.04. The maximum absolute atomic E-state index is 2.41. The lowest BCUT2D eigenvalue weighted by molar-refractivity contribution is 0.420. The molecule has 0 atom stereocenters. The molecule has 0 nitrogen and oxygen atoms in total. The topological polar surface area (TPSA) is 0 Å². The fraction of sp³-hybridized carbons (Fsp3) is 0.467. The summed E-state index contributed by atoms with van der Waals surface area (Å²) in [4.78, 5) is 0. The molecule has 0 unspecified atom stereocenters. The molecule has 1 aromatic rings. The van der Waals surface area contributed by atoms with Gasteiger partial charge in [0.1, 0.15) is 0 Å². The highest BCUT2D eigenvalue weighted by atomic mass is 14.1. The molecule has 1 aromatic carbocycles. The molecule has 15 heavy (non-hydrogen) atoms. The van der Waals surface area contributed by atoms with Crippen molar-refractivity contribution in [1.82, 2.24) is 0 Å². The molecule has 1 aliphatic rings. The van der Waals surface area contributed by atoms with Crippen LogP contribution in [0.15, 0.2) is 30.3 Å². The third-order valence-corrected chi connectivity index (χ3v) is 3.29. The van der Waals surface area contributed by atoms with E-state index < -0.39 is 0 Å². The zero-order valence-corrected chi connectivity index (χ0v) is 9.58. The second kappa shape index (κ2) is 5.16. The molecular weight excluding hydrogens is 180 g/mol. The van der Waals surface area contributed by atoms with Crippen molar-refractivity contribution in [1.29, 1.82) is 0 Å². The normalized spacial score (nSPS) is 18.5. The Balaban J connectivity index is 1.95. The van der Waals surface area contributed by atoms with Gasteiger partial charge in [0, 0.05) is 0 Å². The van der Waals surface area contributed by atoms with Crippen LogP contribution in [-0.4, -0.2) is 0 Å². The predicted molar refractivity (Wildman–Crippen MR) is 66.8 cm³/mol. The highest BCUT2D eigenvalue weighted by Gasteiger charge is 2.09. The molecule has 0 amide bonds. The minimum absolute atomic E-state index is 0.833. The summed E-state index contributed by atoms with van der Waals surface area (Å²) in [6.45, 7) is 2.13. The average Bonchev–Trinajstić information content (AvgIpc) is 2.30. The van der Waals surface area contributed by atoms with Crippen LogP contribution in [0.25, 0.3) is 6.08 Å². The number of hydrogen-bond donors (Lipinski definition) is 0. The van der Waals surface area contributed by atoms with Crippen LogP contribution in [0.5, 0.6) is 0 Å². The minimum Gasteiger partial charge on any atom is -0.0808 e. The van der Waals surface area contributed by atoms with Crippen LogP contribution >= 0.6 is 0 Å². The number of allylic oxidation sites excluding steroid dienone is 1. The summed E-state index contributed by atoms with van der Waals surface area (Å²) in [5, 5.41) is 0. The SMILES string of the molecule is Cc1ccc(/C=C/C2CCCCC2)cc1. The number of aryl methyl sites for hydroxylation is 1. The summed E-state index contributed by atoms with van der Waals surface area (Å²) in [5.74, 6) is 0.833. The van der Waals surface area contributed by atoms with Crippen LogP contribution in [0.1, 0.15) is 43.2 Å². The molecular formula is C15H20. The molecule has 0 heterocycles. The Morgan fingerprint density at radius 1 is 1.00 bits per heavy atom. The molecule has 1 saturated carbocycles. The van der Waals surface area contributed by atoms with Gasteiger partial charge in [-0.3, -0.25) is 0 Å². The highest BCUT2D eigenvalue weighted by Crippen LogP contribution is 2.25. The van der Waals surface area contributed by atoms with Gasteiger partial charge in [0.05, 0.1) is 0 Å². The zero-order chi connectivity index (χ0) is 10.5. The largest absolute Gasteiger partial charge is 0.0808 e. The van der Waals surface area contributed by atoms with Gasteiger partial charge in [0.15, 0.2) is 0 Å². The van der Waals surface area contributed by atoms with Crippen molar-refractivity contribution in [2.45, 2.75) is 39.0 Å². The van der Waals surface area contributed by atoms with E-state index in [1.807, 2.05) is 0 Å². The van der Waals surface area contributed by atoms with Gasteiger partial charge in [-0.05, 0) is 31.2 Å². The molecule has 0 aromatic heterocycles. The van der Waals surface area contributed by atoms with Crippen molar-refractivity contribution in [2.24, 2.45) is 5.92 Å². The standard InChI is InChI=1S/C15H20/c1-13-7-9-15(10-8-13)12-11-14-5-3-2-4-6-14/h7-12,14H,2-6H2,1H3/b12-11+. The monoisotopic (exact) mass is 200 g/mol. The van der Waals surface area contributed by atoms with Crippen molar-refractivity contribution in [2.75, 3.05) is 0 Å². The van der Waals surface area contributed by atoms with Gasteiger partial charge in [-0.2, -0.15) is 0 Å². The van der Waals surface area contributed by atoms with Crippen molar-refractivity contribution < 1.29 is 0 Å². The van der Waals surface area contributed by atoms with E-state index >= 15 is 0 Å². The lowest BCUT2D eigenvalue weighted by atomic mass is 9.89. The van der Waals surface area contributed by atoms with E-state index in [1.54, 1.807) is 0 Å². The third kappa shape index (κ3) is 3.23. The second-order valence-electron chi connectivity index (χ2n) is 4.67. The third-order valence-electron chi connectivity index (χ3n) is 3.29. The van der Waals surface area contributed by atoms with Crippen molar-refractivity contribution in [3.63, 3.8) is 0 Å². The number of benzene rings is 1. The van der Waals surface area contributed by atoms with E-state index in [9.17, 15) is 0 Å². The van der Waals surface area contributed by atoms with Gasteiger partial charge in [-0.1, -0.05) is 61.2 Å².